The number of hydrogen-bond donors (Lipinski definition) is 1. The fraction of sp³-hybridized carbons (Fsp3) is 0.600. The molecule has 1 N–H and O–H groups in total. The average Bonchev–Trinajstić information content (AvgIpc) is 2.64. The van der Waals surface area contributed by atoms with E-state index in [2.05, 4.69) is 6.92 Å². The Morgan fingerprint density at radius 1 is 0.923 bits per heavy atom. The number of carboxylic acids is 1. The van der Waals surface area contributed by atoms with Gasteiger partial charge in [-0.2, -0.15) is 0 Å². The van der Waals surface area contributed by atoms with Crippen LogP contribution in [0.5, 0.6) is 0 Å². The quantitative estimate of drug-likeness (QED) is 0.425. The van der Waals surface area contributed by atoms with E-state index >= 15 is 0 Å². The van der Waals surface area contributed by atoms with Gasteiger partial charge in [-0.15, -0.1) is 0 Å². The predicted molar refractivity (Wildman–Crippen MR) is 99.0 cm³/mol. The van der Waals surface area contributed by atoms with Gasteiger partial charge in [0.25, 0.3) is 0 Å². The molecule has 26 heavy (non-hydrogen) atoms. The van der Waals surface area contributed by atoms with Crippen molar-refractivity contribution in [2.75, 3.05) is 33.0 Å². The van der Waals surface area contributed by atoms with Gasteiger partial charge in [0.05, 0.1) is 30.9 Å². The molecule has 0 aliphatic heterocycles. The number of carboxylic acid groups (broad SMARTS) is 1. The molecule has 6 heteroatoms. The lowest BCUT2D eigenvalue weighted by Crippen LogP contribution is -2.18. The van der Waals surface area contributed by atoms with Crippen molar-refractivity contribution in [3.63, 3.8) is 0 Å². The summed E-state index contributed by atoms with van der Waals surface area (Å²) in [7, 11) is 0. The molecule has 0 unspecified atom stereocenters. The minimum Gasteiger partial charge on any atom is -0.478 e. The molecule has 1 rings (SSSR count). The number of aromatic carboxylic acids is 1. The minimum absolute atomic E-state index is 0.0436. The topological polar surface area (TPSA) is 82.1 Å². The van der Waals surface area contributed by atoms with Crippen LogP contribution in [0.3, 0.4) is 0 Å². The van der Waals surface area contributed by atoms with Crippen LogP contribution in [-0.2, 0) is 27.1 Å². The summed E-state index contributed by atoms with van der Waals surface area (Å²) in [6.07, 6.45) is 3.38. The third-order valence-corrected chi connectivity index (χ3v) is 4.05. The summed E-state index contributed by atoms with van der Waals surface area (Å²) in [5.41, 5.74) is 1.76. The summed E-state index contributed by atoms with van der Waals surface area (Å²) in [5.74, 6) is -1.74. The van der Waals surface area contributed by atoms with E-state index in [0.717, 1.165) is 25.0 Å². The number of aryl methyl sites for hydroxylation is 1. The van der Waals surface area contributed by atoms with Crippen LogP contribution in [0.4, 0.5) is 0 Å². The van der Waals surface area contributed by atoms with Gasteiger partial charge in [0, 0.05) is 6.61 Å². The second-order valence-corrected chi connectivity index (χ2v) is 5.85. The van der Waals surface area contributed by atoms with Crippen molar-refractivity contribution in [1.82, 2.24) is 0 Å². The molecule has 0 amide bonds. The van der Waals surface area contributed by atoms with Crippen LogP contribution >= 0.6 is 0 Å². The van der Waals surface area contributed by atoms with Gasteiger partial charge in [-0.25, -0.2) is 9.59 Å². The molecule has 0 saturated heterocycles. The van der Waals surface area contributed by atoms with Crippen molar-refractivity contribution in [2.24, 2.45) is 0 Å². The third-order valence-electron chi connectivity index (χ3n) is 4.05. The molecule has 0 fully saturated rings. The zero-order valence-electron chi connectivity index (χ0n) is 16.0. The molecule has 0 spiro atoms. The summed E-state index contributed by atoms with van der Waals surface area (Å²) in [4.78, 5) is 23.9. The number of carbonyl (C=O) groups excluding carboxylic acids is 1. The molecule has 0 aliphatic carbocycles. The molecule has 0 radical (unpaired) electrons. The number of esters is 1. The molecule has 1 aromatic rings. The first-order chi connectivity index (χ1) is 12.6. The Hall–Kier alpha value is -1.92. The normalized spacial score (nSPS) is 10.7. The Morgan fingerprint density at radius 3 is 2.15 bits per heavy atom. The van der Waals surface area contributed by atoms with Crippen molar-refractivity contribution >= 4 is 11.9 Å². The molecule has 1 aromatic carbocycles. The molecule has 146 valence electrons. The van der Waals surface area contributed by atoms with E-state index in [1.54, 1.807) is 6.07 Å². The van der Waals surface area contributed by atoms with E-state index in [1.165, 1.54) is 6.07 Å². The first-order valence-electron chi connectivity index (χ1n) is 9.27. The van der Waals surface area contributed by atoms with Crippen LogP contribution in [-0.4, -0.2) is 50.1 Å². The number of benzene rings is 1. The smallest absolute Gasteiger partial charge is 0.339 e. The fourth-order valence-corrected chi connectivity index (χ4v) is 2.68. The highest BCUT2D eigenvalue weighted by atomic mass is 16.6. The number of rotatable bonds is 13. The van der Waals surface area contributed by atoms with E-state index in [0.29, 0.717) is 31.6 Å². The highest BCUT2D eigenvalue weighted by Gasteiger charge is 2.22. The van der Waals surface area contributed by atoms with E-state index in [-0.39, 0.29) is 24.3 Å². The highest BCUT2D eigenvalue weighted by Crippen LogP contribution is 2.22. The van der Waals surface area contributed by atoms with E-state index in [9.17, 15) is 14.7 Å². The van der Waals surface area contributed by atoms with Gasteiger partial charge in [0.1, 0.15) is 6.61 Å². The van der Waals surface area contributed by atoms with E-state index in [4.69, 9.17) is 14.2 Å². The molecule has 0 aliphatic rings. The maximum Gasteiger partial charge on any atom is 0.339 e. The fourth-order valence-electron chi connectivity index (χ4n) is 2.68. The van der Waals surface area contributed by atoms with Gasteiger partial charge < -0.3 is 19.3 Å². The Morgan fingerprint density at radius 2 is 1.58 bits per heavy atom. The Kier molecular flexibility index (Phi) is 10.6. The Labute approximate surface area is 155 Å². The summed E-state index contributed by atoms with van der Waals surface area (Å²) >= 11 is 0. The molecule has 0 aromatic heterocycles. The lowest BCUT2D eigenvalue weighted by molar-refractivity contribution is 0.0141. The number of carbonyl (C=O) groups is 2. The van der Waals surface area contributed by atoms with Crippen molar-refractivity contribution in [1.29, 1.82) is 0 Å². The molecule has 0 saturated carbocycles. The van der Waals surface area contributed by atoms with Crippen LogP contribution in [0.15, 0.2) is 12.1 Å². The zero-order valence-corrected chi connectivity index (χ0v) is 16.0. The summed E-state index contributed by atoms with van der Waals surface area (Å²) in [5, 5.41) is 9.53. The SMILES string of the molecule is CCCCOCCOCCOC(=O)c1ccc(CC)c(CC)c1C(=O)O. The predicted octanol–water partition coefficient (Wildman–Crippen LogP) is 3.50. The lowest BCUT2D eigenvalue weighted by Gasteiger charge is -2.14. The number of unbranched alkanes of at least 4 members (excludes halogenated alkanes) is 1. The van der Waals surface area contributed by atoms with Gasteiger partial charge in [-0.05, 0) is 36.5 Å². The van der Waals surface area contributed by atoms with Crippen molar-refractivity contribution in [3.05, 3.63) is 34.4 Å². The lowest BCUT2D eigenvalue weighted by atomic mass is 9.93. The van der Waals surface area contributed by atoms with Crippen molar-refractivity contribution < 1.29 is 28.9 Å². The number of ether oxygens (including phenoxy) is 3. The maximum atomic E-state index is 12.3. The first-order valence-corrected chi connectivity index (χ1v) is 9.27. The summed E-state index contributed by atoms with van der Waals surface area (Å²) in [6.45, 7) is 7.93. The van der Waals surface area contributed by atoms with Gasteiger partial charge >= 0.3 is 11.9 Å². The Bertz CT molecular complexity index is 582. The summed E-state index contributed by atoms with van der Waals surface area (Å²) in [6, 6.07) is 3.33. The largest absolute Gasteiger partial charge is 0.478 e. The molecule has 6 nitrogen and oxygen atoms in total. The van der Waals surface area contributed by atoms with Crippen molar-refractivity contribution in [3.8, 4) is 0 Å². The monoisotopic (exact) mass is 366 g/mol. The average molecular weight is 366 g/mol. The van der Waals surface area contributed by atoms with Crippen molar-refractivity contribution in [2.45, 2.75) is 46.5 Å². The molecule has 0 atom stereocenters. The molecule has 0 heterocycles. The molecular formula is C20H30O6. The van der Waals surface area contributed by atoms with Crippen LogP contribution in [0.1, 0.15) is 65.5 Å². The summed E-state index contributed by atoms with van der Waals surface area (Å²) < 4.78 is 15.9. The Balaban J connectivity index is 2.53. The zero-order chi connectivity index (χ0) is 19.4. The van der Waals surface area contributed by atoms with Gasteiger partial charge in [0.2, 0.25) is 0 Å². The second kappa shape index (κ2) is 12.4. The highest BCUT2D eigenvalue weighted by molar-refractivity contribution is 6.03. The first kappa shape index (κ1) is 22.1. The van der Waals surface area contributed by atoms with Crippen LogP contribution in [0, 0.1) is 0 Å². The number of hydrogen-bond acceptors (Lipinski definition) is 5. The van der Waals surface area contributed by atoms with Gasteiger partial charge in [-0.1, -0.05) is 33.3 Å². The van der Waals surface area contributed by atoms with Gasteiger partial charge in [-0.3, -0.25) is 0 Å². The van der Waals surface area contributed by atoms with Gasteiger partial charge in [0.15, 0.2) is 0 Å². The standard InChI is InChI=1S/C20H30O6/c1-4-7-10-24-11-12-25-13-14-26-20(23)17-9-8-15(5-2)16(6-3)18(17)19(21)22/h8-9H,4-7,10-14H2,1-3H3,(H,21,22). The van der Waals surface area contributed by atoms with Crippen LogP contribution in [0.2, 0.25) is 0 Å². The van der Waals surface area contributed by atoms with E-state index in [1.807, 2.05) is 13.8 Å². The molecule has 0 bridgehead atoms. The molecular weight excluding hydrogens is 336 g/mol. The van der Waals surface area contributed by atoms with Crippen LogP contribution in [0.25, 0.3) is 0 Å². The second-order valence-electron chi connectivity index (χ2n) is 5.85. The third kappa shape index (κ3) is 6.77. The van der Waals surface area contributed by atoms with E-state index < -0.39 is 11.9 Å². The minimum atomic E-state index is -1.11. The maximum absolute atomic E-state index is 12.3. The van der Waals surface area contributed by atoms with Crippen LogP contribution < -0.4 is 0 Å².